The molecular weight excluding hydrogens is 190 g/mol. The van der Waals surface area contributed by atoms with Gasteiger partial charge in [0.2, 0.25) is 0 Å². The van der Waals surface area contributed by atoms with Crippen molar-refractivity contribution in [2.45, 2.75) is 58.0 Å². The zero-order valence-electron chi connectivity index (χ0n) is 10.1. The fraction of sp³-hybridized carbons (Fsp3) is 0.917. The molecule has 1 rings (SSSR count). The minimum Gasteiger partial charge on any atom is -0.468 e. The third kappa shape index (κ3) is 3.82. The predicted octanol–water partition coefficient (Wildman–Crippen LogP) is 2.11. The van der Waals surface area contributed by atoms with E-state index in [-0.39, 0.29) is 12.0 Å². The van der Waals surface area contributed by atoms with E-state index in [9.17, 15) is 4.79 Å². The Bertz CT molecular complexity index is 198. The average Bonchev–Trinajstić information content (AvgIpc) is 2.26. The van der Waals surface area contributed by atoms with E-state index in [1.54, 1.807) is 0 Å². The Kier molecular flexibility index (Phi) is 5.09. The quantitative estimate of drug-likeness (QED) is 0.727. The molecule has 1 saturated carbocycles. The molecule has 0 aromatic carbocycles. The van der Waals surface area contributed by atoms with Crippen molar-refractivity contribution in [1.29, 1.82) is 0 Å². The zero-order chi connectivity index (χ0) is 11.3. The first kappa shape index (κ1) is 12.5. The zero-order valence-corrected chi connectivity index (χ0v) is 10.1. The van der Waals surface area contributed by atoms with Gasteiger partial charge in [0.15, 0.2) is 0 Å². The van der Waals surface area contributed by atoms with Crippen LogP contribution in [0.25, 0.3) is 0 Å². The van der Waals surface area contributed by atoms with Gasteiger partial charge < -0.3 is 10.1 Å². The maximum absolute atomic E-state index is 11.7. The van der Waals surface area contributed by atoms with E-state index in [4.69, 9.17) is 4.74 Å². The first-order valence-electron chi connectivity index (χ1n) is 5.99. The van der Waals surface area contributed by atoms with Gasteiger partial charge in [-0.25, -0.2) is 0 Å². The summed E-state index contributed by atoms with van der Waals surface area (Å²) >= 11 is 0. The van der Waals surface area contributed by atoms with Gasteiger partial charge in [0, 0.05) is 6.04 Å². The minimum absolute atomic E-state index is 0.101. The van der Waals surface area contributed by atoms with Crippen LogP contribution in [-0.4, -0.2) is 25.2 Å². The van der Waals surface area contributed by atoms with Crippen molar-refractivity contribution < 1.29 is 9.53 Å². The van der Waals surface area contributed by atoms with Crippen LogP contribution in [-0.2, 0) is 9.53 Å². The summed E-state index contributed by atoms with van der Waals surface area (Å²) in [4.78, 5) is 11.7. The Balaban J connectivity index is 2.57. The molecule has 0 bridgehead atoms. The van der Waals surface area contributed by atoms with Crippen LogP contribution in [0.4, 0.5) is 0 Å². The van der Waals surface area contributed by atoms with Gasteiger partial charge in [-0.3, -0.25) is 4.79 Å². The van der Waals surface area contributed by atoms with Gasteiger partial charge in [0.05, 0.1) is 7.11 Å². The fourth-order valence-corrected chi connectivity index (χ4v) is 2.35. The van der Waals surface area contributed by atoms with E-state index in [2.05, 4.69) is 19.2 Å². The van der Waals surface area contributed by atoms with Crippen molar-refractivity contribution in [2.24, 2.45) is 5.92 Å². The number of carbonyl (C=O) groups is 1. The summed E-state index contributed by atoms with van der Waals surface area (Å²) in [5.74, 6) is 0.365. The molecule has 3 heteroatoms. The van der Waals surface area contributed by atoms with Gasteiger partial charge >= 0.3 is 5.97 Å². The van der Waals surface area contributed by atoms with Crippen LogP contribution >= 0.6 is 0 Å². The predicted molar refractivity (Wildman–Crippen MR) is 60.7 cm³/mol. The van der Waals surface area contributed by atoms with Crippen molar-refractivity contribution in [3.05, 3.63) is 0 Å². The standard InChI is InChI=1S/C12H23NO2/c1-9(2)13-11(12(14)15-3)10-7-5-4-6-8-10/h9-11,13H,4-8H2,1-3H3/t11-/m1/s1. The van der Waals surface area contributed by atoms with E-state index in [1.165, 1.54) is 26.4 Å². The van der Waals surface area contributed by atoms with Crippen molar-refractivity contribution in [1.82, 2.24) is 5.32 Å². The lowest BCUT2D eigenvalue weighted by Crippen LogP contribution is -2.47. The second-order valence-electron chi connectivity index (χ2n) is 4.72. The van der Waals surface area contributed by atoms with E-state index in [1.807, 2.05) is 0 Å². The minimum atomic E-state index is -0.102. The maximum atomic E-state index is 11.7. The molecule has 1 atom stereocenters. The highest BCUT2D eigenvalue weighted by atomic mass is 16.5. The Morgan fingerprint density at radius 3 is 2.33 bits per heavy atom. The number of carbonyl (C=O) groups excluding carboxylic acids is 1. The van der Waals surface area contributed by atoms with E-state index in [0.717, 1.165) is 12.8 Å². The van der Waals surface area contributed by atoms with Gasteiger partial charge in [0.25, 0.3) is 0 Å². The molecule has 0 amide bonds. The summed E-state index contributed by atoms with van der Waals surface area (Å²) < 4.78 is 4.87. The topological polar surface area (TPSA) is 38.3 Å². The monoisotopic (exact) mass is 213 g/mol. The lowest BCUT2D eigenvalue weighted by molar-refractivity contribution is -0.145. The maximum Gasteiger partial charge on any atom is 0.323 e. The lowest BCUT2D eigenvalue weighted by Gasteiger charge is -2.30. The first-order chi connectivity index (χ1) is 7.15. The molecular formula is C12H23NO2. The van der Waals surface area contributed by atoms with Crippen molar-refractivity contribution >= 4 is 5.97 Å². The smallest absolute Gasteiger partial charge is 0.323 e. The third-order valence-corrected chi connectivity index (χ3v) is 3.09. The fourth-order valence-electron chi connectivity index (χ4n) is 2.35. The highest BCUT2D eigenvalue weighted by Crippen LogP contribution is 2.27. The molecule has 0 aliphatic heterocycles. The van der Waals surface area contributed by atoms with E-state index < -0.39 is 0 Å². The summed E-state index contributed by atoms with van der Waals surface area (Å²) in [5.41, 5.74) is 0. The summed E-state index contributed by atoms with van der Waals surface area (Å²) in [7, 11) is 1.47. The van der Waals surface area contributed by atoms with Crippen LogP contribution in [0.5, 0.6) is 0 Å². The highest BCUT2D eigenvalue weighted by molar-refractivity contribution is 5.76. The molecule has 0 aromatic rings. The Hall–Kier alpha value is -0.570. The summed E-state index contributed by atoms with van der Waals surface area (Å²) in [5, 5.41) is 3.33. The lowest BCUT2D eigenvalue weighted by atomic mass is 9.83. The second-order valence-corrected chi connectivity index (χ2v) is 4.72. The Labute approximate surface area is 92.6 Å². The van der Waals surface area contributed by atoms with Crippen LogP contribution in [0.15, 0.2) is 0 Å². The molecule has 0 heterocycles. The molecule has 1 fully saturated rings. The van der Waals surface area contributed by atoms with Crippen molar-refractivity contribution in [3.63, 3.8) is 0 Å². The van der Waals surface area contributed by atoms with Crippen molar-refractivity contribution in [2.75, 3.05) is 7.11 Å². The molecule has 1 N–H and O–H groups in total. The van der Waals surface area contributed by atoms with Crippen LogP contribution in [0.3, 0.4) is 0 Å². The number of nitrogens with one attached hydrogen (secondary N) is 1. The second kappa shape index (κ2) is 6.11. The summed E-state index contributed by atoms with van der Waals surface area (Å²) in [6.45, 7) is 4.14. The molecule has 0 saturated heterocycles. The Morgan fingerprint density at radius 1 is 1.27 bits per heavy atom. The average molecular weight is 213 g/mol. The highest BCUT2D eigenvalue weighted by Gasteiger charge is 2.30. The largest absolute Gasteiger partial charge is 0.468 e. The molecule has 0 unspecified atom stereocenters. The number of ether oxygens (including phenoxy) is 1. The van der Waals surface area contributed by atoms with Gasteiger partial charge in [-0.15, -0.1) is 0 Å². The number of esters is 1. The normalized spacial score (nSPS) is 20.3. The van der Waals surface area contributed by atoms with Gasteiger partial charge in [-0.2, -0.15) is 0 Å². The molecule has 1 aliphatic rings. The van der Waals surface area contributed by atoms with Gasteiger partial charge in [0.1, 0.15) is 6.04 Å². The third-order valence-electron chi connectivity index (χ3n) is 3.09. The number of hydrogen-bond donors (Lipinski definition) is 1. The van der Waals surface area contributed by atoms with E-state index in [0.29, 0.717) is 12.0 Å². The van der Waals surface area contributed by atoms with Crippen LogP contribution in [0, 0.1) is 5.92 Å². The Morgan fingerprint density at radius 2 is 1.87 bits per heavy atom. The SMILES string of the molecule is COC(=O)[C@H](NC(C)C)C1CCCCC1. The summed E-state index contributed by atoms with van der Waals surface area (Å²) in [6.07, 6.45) is 6.11. The first-order valence-corrected chi connectivity index (χ1v) is 5.99. The van der Waals surface area contributed by atoms with Crippen LogP contribution in [0.2, 0.25) is 0 Å². The van der Waals surface area contributed by atoms with E-state index >= 15 is 0 Å². The molecule has 0 spiro atoms. The molecule has 0 radical (unpaired) electrons. The molecule has 15 heavy (non-hydrogen) atoms. The molecule has 0 aromatic heterocycles. The molecule has 3 nitrogen and oxygen atoms in total. The number of methoxy groups -OCH3 is 1. The van der Waals surface area contributed by atoms with Crippen LogP contribution in [0.1, 0.15) is 46.0 Å². The molecule has 88 valence electrons. The van der Waals surface area contributed by atoms with Crippen molar-refractivity contribution in [3.8, 4) is 0 Å². The van der Waals surface area contributed by atoms with Gasteiger partial charge in [-0.1, -0.05) is 33.1 Å². The number of rotatable bonds is 4. The summed E-state index contributed by atoms with van der Waals surface area (Å²) in [6, 6.07) is 0.228. The molecule has 1 aliphatic carbocycles. The van der Waals surface area contributed by atoms with Gasteiger partial charge in [-0.05, 0) is 18.8 Å². The number of hydrogen-bond acceptors (Lipinski definition) is 3. The van der Waals surface area contributed by atoms with Crippen LogP contribution < -0.4 is 5.32 Å².